The van der Waals surface area contributed by atoms with Crippen LogP contribution in [-0.4, -0.2) is 18.1 Å². The van der Waals surface area contributed by atoms with Crippen molar-refractivity contribution in [2.45, 2.75) is 20.3 Å². The fourth-order valence-electron chi connectivity index (χ4n) is 1.46. The number of nitrogens with one attached hydrogen (secondary N) is 1. The molecule has 0 aliphatic heterocycles. The molecule has 1 aromatic heterocycles. The summed E-state index contributed by atoms with van der Waals surface area (Å²) in [5.74, 6) is -0.118. The monoisotopic (exact) mass is 237 g/mol. The van der Waals surface area contributed by atoms with E-state index in [1.807, 2.05) is 25.3 Å². The summed E-state index contributed by atoms with van der Waals surface area (Å²) < 4.78 is 17.3. The number of H-pyrrole nitrogens is 1. The molecule has 0 fully saturated rings. The molecule has 1 aromatic carbocycles. The standard InChI is InChI=1S/C10H10FN.C3H6O2/c1-2-7-5-8-3-4-12-10(8)6-9(7)11;1-2-5-3-4/h3-6,12H,2H2,1H3;3H,2H2,1H3. The Morgan fingerprint density at radius 3 is 2.71 bits per heavy atom. The van der Waals surface area contributed by atoms with E-state index in [-0.39, 0.29) is 5.82 Å². The molecule has 0 saturated carbocycles. The number of rotatable bonds is 3. The van der Waals surface area contributed by atoms with Gasteiger partial charge in [-0.2, -0.15) is 0 Å². The Bertz CT molecular complexity index is 479. The van der Waals surface area contributed by atoms with Crippen LogP contribution in [0.5, 0.6) is 0 Å². The van der Waals surface area contributed by atoms with Crippen molar-refractivity contribution < 1.29 is 13.9 Å². The molecular formula is C13H16FNO2. The molecule has 1 heterocycles. The lowest BCUT2D eigenvalue weighted by Crippen LogP contribution is -1.86. The van der Waals surface area contributed by atoms with Gasteiger partial charge in [0.05, 0.1) is 6.61 Å². The molecule has 0 spiro atoms. The maximum atomic E-state index is 13.2. The third-order valence-electron chi connectivity index (χ3n) is 2.34. The second-order valence-electron chi connectivity index (χ2n) is 3.41. The van der Waals surface area contributed by atoms with Gasteiger partial charge in [-0.15, -0.1) is 0 Å². The van der Waals surface area contributed by atoms with E-state index in [0.29, 0.717) is 13.1 Å². The van der Waals surface area contributed by atoms with Crippen LogP contribution in [0.25, 0.3) is 10.9 Å². The average molecular weight is 237 g/mol. The van der Waals surface area contributed by atoms with Gasteiger partial charge < -0.3 is 9.72 Å². The fraction of sp³-hybridized carbons (Fsp3) is 0.308. The zero-order valence-electron chi connectivity index (χ0n) is 10.00. The molecule has 0 aliphatic rings. The number of ether oxygens (including phenoxy) is 1. The Kier molecular flexibility index (Phi) is 5.20. The Hall–Kier alpha value is -1.84. The van der Waals surface area contributed by atoms with E-state index in [1.165, 1.54) is 0 Å². The van der Waals surface area contributed by atoms with E-state index >= 15 is 0 Å². The molecule has 92 valence electrons. The largest absolute Gasteiger partial charge is 0.468 e. The zero-order valence-corrected chi connectivity index (χ0v) is 10.00. The topological polar surface area (TPSA) is 42.1 Å². The molecule has 17 heavy (non-hydrogen) atoms. The van der Waals surface area contributed by atoms with Crippen molar-refractivity contribution in [3.63, 3.8) is 0 Å². The van der Waals surface area contributed by atoms with Crippen LogP contribution in [0.2, 0.25) is 0 Å². The summed E-state index contributed by atoms with van der Waals surface area (Å²) >= 11 is 0. The first-order valence-corrected chi connectivity index (χ1v) is 5.53. The van der Waals surface area contributed by atoms with Crippen molar-refractivity contribution >= 4 is 17.4 Å². The van der Waals surface area contributed by atoms with Gasteiger partial charge in [-0.25, -0.2) is 4.39 Å². The molecule has 0 saturated heterocycles. The first kappa shape index (κ1) is 13.2. The van der Waals surface area contributed by atoms with E-state index in [9.17, 15) is 9.18 Å². The summed E-state index contributed by atoms with van der Waals surface area (Å²) in [4.78, 5) is 12.2. The average Bonchev–Trinajstić information content (AvgIpc) is 2.76. The smallest absolute Gasteiger partial charge is 0.293 e. The number of carbonyl (C=O) groups is 1. The van der Waals surface area contributed by atoms with Gasteiger partial charge in [-0.3, -0.25) is 4.79 Å². The molecule has 0 atom stereocenters. The number of fused-ring (bicyclic) bond motifs is 1. The minimum absolute atomic E-state index is 0.118. The molecule has 0 aliphatic carbocycles. The Morgan fingerprint density at radius 1 is 1.41 bits per heavy atom. The quantitative estimate of drug-likeness (QED) is 0.834. The van der Waals surface area contributed by atoms with Crippen molar-refractivity contribution in [1.29, 1.82) is 0 Å². The van der Waals surface area contributed by atoms with Crippen LogP contribution in [0, 0.1) is 5.82 Å². The first-order chi connectivity index (χ1) is 8.22. The van der Waals surface area contributed by atoms with Crippen LogP contribution < -0.4 is 0 Å². The van der Waals surface area contributed by atoms with Crippen LogP contribution in [0.15, 0.2) is 24.4 Å². The molecule has 3 nitrogen and oxygen atoms in total. The van der Waals surface area contributed by atoms with Gasteiger partial charge in [0.25, 0.3) is 6.47 Å². The number of aromatic nitrogens is 1. The Balaban J connectivity index is 0.000000249. The van der Waals surface area contributed by atoms with Gasteiger partial charge >= 0.3 is 0 Å². The summed E-state index contributed by atoms with van der Waals surface area (Å²) in [6.45, 7) is 4.62. The molecule has 0 radical (unpaired) electrons. The molecule has 0 amide bonds. The van der Waals surface area contributed by atoms with Crippen molar-refractivity contribution in [1.82, 2.24) is 4.98 Å². The fourth-order valence-corrected chi connectivity index (χ4v) is 1.46. The maximum Gasteiger partial charge on any atom is 0.293 e. The van der Waals surface area contributed by atoms with Crippen LogP contribution in [-0.2, 0) is 16.0 Å². The molecule has 0 bridgehead atoms. The predicted octanol–water partition coefficient (Wildman–Crippen LogP) is 3.05. The van der Waals surface area contributed by atoms with Crippen molar-refractivity contribution in [2.75, 3.05) is 6.61 Å². The number of hydrogen-bond donors (Lipinski definition) is 1. The van der Waals surface area contributed by atoms with E-state index < -0.39 is 0 Å². The van der Waals surface area contributed by atoms with Gasteiger partial charge in [0.1, 0.15) is 5.82 Å². The number of aryl methyl sites for hydroxylation is 1. The molecular weight excluding hydrogens is 221 g/mol. The number of halogens is 1. The van der Waals surface area contributed by atoms with Crippen molar-refractivity contribution in [3.05, 3.63) is 35.8 Å². The van der Waals surface area contributed by atoms with Crippen LogP contribution in [0.3, 0.4) is 0 Å². The Labute approximate surface area is 99.6 Å². The summed E-state index contributed by atoms with van der Waals surface area (Å²) in [6.07, 6.45) is 2.57. The number of hydrogen-bond acceptors (Lipinski definition) is 2. The first-order valence-electron chi connectivity index (χ1n) is 5.53. The molecule has 0 unspecified atom stereocenters. The number of benzene rings is 1. The van der Waals surface area contributed by atoms with E-state index in [4.69, 9.17) is 0 Å². The zero-order chi connectivity index (χ0) is 12.7. The van der Waals surface area contributed by atoms with Crippen molar-refractivity contribution in [3.8, 4) is 0 Å². The second kappa shape index (κ2) is 6.68. The van der Waals surface area contributed by atoms with E-state index in [0.717, 1.165) is 22.9 Å². The normalized spacial score (nSPS) is 9.59. The lowest BCUT2D eigenvalue weighted by molar-refractivity contribution is -0.128. The number of aromatic amines is 1. The number of carbonyl (C=O) groups excluding carboxylic acids is 1. The summed E-state index contributed by atoms with van der Waals surface area (Å²) in [6, 6.07) is 5.39. The van der Waals surface area contributed by atoms with Gasteiger partial charge in [0.2, 0.25) is 0 Å². The summed E-state index contributed by atoms with van der Waals surface area (Å²) in [5.41, 5.74) is 1.65. The maximum absolute atomic E-state index is 13.2. The Morgan fingerprint density at radius 2 is 2.18 bits per heavy atom. The van der Waals surface area contributed by atoms with E-state index in [1.54, 1.807) is 13.0 Å². The lowest BCUT2D eigenvalue weighted by Gasteiger charge is -1.98. The molecule has 1 N–H and O–H groups in total. The SMILES string of the molecule is CCOC=O.CCc1cc2cc[nH]c2cc1F. The van der Waals surface area contributed by atoms with E-state index in [2.05, 4.69) is 9.72 Å². The minimum atomic E-state index is -0.118. The van der Waals surface area contributed by atoms with Gasteiger partial charge in [0.15, 0.2) is 0 Å². The van der Waals surface area contributed by atoms with Crippen LogP contribution in [0.4, 0.5) is 4.39 Å². The minimum Gasteiger partial charge on any atom is -0.468 e. The van der Waals surface area contributed by atoms with Crippen LogP contribution >= 0.6 is 0 Å². The molecule has 4 heteroatoms. The third kappa shape index (κ3) is 3.59. The third-order valence-corrected chi connectivity index (χ3v) is 2.34. The summed E-state index contributed by atoms with van der Waals surface area (Å²) in [7, 11) is 0. The van der Waals surface area contributed by atoms with Crippen LogP contribution in [0.1, 0.15) is 19.4 Å². The second-order valence-corrected chi connectivity index (χ2v) is 3.41. The lowest BCUT2D eigenvalue weighted by atomic mass is 10.1. The molecule has 2 aromatic rings. The highest BCUT2D eigenvalue weighted by Crippen LogP contribution is 2.18. The highest BCUT2D eigenvalue weighted by molar-refractivity contribution is 5.80. The summed E-state index contributed by atoms with van der Waals surface area (Å²) in [5, 5.41) is 1.08. The van der Waals surface area contributed by atoms with Gasteiger partial charge in [0, 0.05) is 11.7 Å². The highest BCUT2D eigenvalue weighted by atomic mass is 19.1. The van der Waals surface area contributed by atoms with Gasteiger partial charge in [-0.05, 0) is 42.5 Å². The van der Waals surface area contributed by atoms with Crippen molar-refractivity contribution in [2.24, 2.45) is 0 Å². The highest BCUT2D eigenvalue weighted by Gasteiger charge is 2.02. The predicted molar refractivity (Wildman–Crippen MR) is 65.3 cm³/mol. The van der Waals surface area contributed by atoms with Gasteiger partial charge in [-0.1, -0.05) is 6.92 Å². The molecule has 2 rings (SSSR count).